The van der Waals surface area contributed by atoms with Crippen molar-refractivity contribution in [3.05, 3.63) is 39.4 Å². The molecule has 2 nitrogen and oxygen atoms in total. The van der Waals surface area contributed by atoms with Crippen LogP contribution in [0.5, 0.6) is 0 Å². The summed E-state index contributed by atoms with van der Waals surface area (Å²) in [6, 6.07) is 3.14. The maximum atomic E-state index is 12.3. The number of halogens is 2. The Bertz CT molecular complexity index is 494. The zero-order valence-corrected chi connectivity index (χ0v) is 10.8. The van der Waals surface area contributed by atoms with E-state index in [1.807, 2.05) is 6.08 Å². The second-order valence-corrected chi connectivity index (χ2v) is 4.95. The first-order valence-corrected chi connectivity index (χ1v) is 6.33. The lowest BCUT2D eigenvalue weighted by Crippen LogP contribution is -2.08. The van der Waals surface area contributed by atoms with Crippen LogP contribution in [0.15, 0.2) is 23.8 Å². The number of benzene rings is 1. The number of hydrogen-bond donors (Lipinski definition) is 1. The molecule has 0 heterocycles. The average Bonchev–Trinajstić information content (AvgIpc) is 2.34. The van der Waals surface area contributed by atoms with Gasteiger partial charge in [-0.05, 0) is 43.4 Å². The van der Waals surface area contributed by atoms with E-state index in [1.165, 1.54) is 0 Å². The highest BCUT2D eigenvalue weighted by molar-refractivity contribution is 6.44. The summed E-state index contributed by atoms with van der Waals surface area (Å²) in [6.45, 7) is 0. The SMILES string of the molecule is Nc1cc(Cl)c(Cl)c(C(=O)C2=CCCCC2)c1. The molecule has 0 saturated carbocycles. The van der Waals surface area contributed by atoms with E-state index in [2.05, 4.69) is 0 Å². The van der Waals surface area contributed by atoms with Gasteiger partial charge in [0.15, 0.2) is 5.78 Å². The van der Waals surface area contributed by atoms with E-state index in [0.29, 0.717) is 16.3 Å². The second kappa shape index (κ2) is 5.11. The van der Waals surface area contributed by atoms with Crippen LogP contribution in [0.4, 0.5) is 5.69 Å². The van der Waals surface area contributed by atoms with Gasteiger partial charge in [-0.15, -0.1) is 0 Å². The molecule has 0 fully saturated rings. The maximum absolute atomic E-state index is 12.3. The first kappa shape index (κ1) is 12.5. The molecule has 0 aromatic heterocycles. The Morgan fingerprint density at radius 2 is 2.00 bits per heavy atom. The molecule has 90 valence electrons. The molecule has 0 spiro atoms. The Hall–Kier alpha value is -0.990. The molecule has 1 aliphatic rings. The van der Waals surface area contributed by atoms with Gasteiger partial charge >= 0.3 is 0 Å². The normalized spacial score (nSPS) is 15.5. The van der Waals surface area contributed by atoms with E-state index in [9.17, 15) is 4.79 Å². The molecule has 1 aromatic rings. The Labute approximate surface area is 110 Å². The van der Waals surface area contributed by atoms with Gasteiger partial charge in [-0.25, -0.2) is 0 Å². The van der Waals surface area contributed by atoms with Gasteiger partial charge in [-0.3, -0.25) is 4.79 Å². The van der Waals surface area contributed by atoms with Crippen molar-refractivity contribution < 1.29 is 4.79 Å². The third-order valence-corrected chi connectivity index (χ3v) is 3.68. The van der Waals surface area contributed by atoms with Crippen molar-refractivity contribution in [1.29, 1.82) is 0 Å². The summed E-state index contributed by atoms with van der Waals surface area (Å²) >= 11 is 12.0. The third kappa shape index (κ3) is 2.64. The number of hydrogen-bond acceptors (Lipinski definition) is 2. The summed E-state index contributed by atoms with van der Waals surface area (Å²) in [6.07, 6.45) is 5.93. The number of allylic oxidation sites excluding steroid dienone is 2. The number of carbonyl (C=O) groups excluding carboxylic acids is 1. The van der Waals surface area contributed by atoms with E-state index in [1.54, 1.807) is 12.1 Å². The molecule has 2 N–H and O–H groups in total. The number of nitrogen functional groups attached to an aromatic ring is 1. The molecule has 0 aliphatic heterocycles. The van der Waals surface area contributed by atoms with Crippen LogP contribution in [0.1, 0.15) is 36.0 Å². The van der Waals surface area contributed by atoms with Gasteiger partial charge in [0.1, 0.15) is 0 Å². The highest BCUT2D eigenvalue weighted by Crippen LogP contribution is 2.32. The van der Waals surface area contributed by atoms with Gasteiger partial charge in [-0.2, -0.15) is 0 Å². The summed E-state index contributed by atoms with van der Waals surface area (Å²) in [5, 5.41) is 0.615. The monoisotopic (exact) mass is 269 g/mol. The molecular formula is C13H13Cl2NO. The molecular weight excluding hydrogens is 257 g/mol. The van der Waals surface area contributed by atoms with Crippen molar-refractivity contribution in [1.82, 2.24) is 0 Å². The van der Waals surface area contributed by atoms with Gasteiger partial charge in [0.05, 0.1) is 10.0 Å². The van der Waals surface area contributed by atoms with Gasteiger partial charge in [-0.1, -0.05) is 29.3 Å². The summed E-state index contributed by atoms with van der Waals surface area (Å²) < 4.78 is 0. The minimum atomic E-state index is -0.0519. The van der Waals surface area contributed by atoms with Crippen molar-refractivity contribution in [2.75, 3.05) is 5.73 Å². The van der Waals surface area contributed by atoms with E-state index >= 15 is 0 Å². The second-order valence-electron chi connectivity index (χ2n) is 4.17. The lowest BCUT2D eigenvalue weighted by Gasteiger charge is -2.13. The lowest BCUT2D eigenvalue weighted by atomic mass is 9.93. The molecule has 2 rings (SSSR count). The zero-order chi connectivity index (χ0) is 12.4. The van der Waals surface area contributed by atoms with Gasteiger partial charge in [0, 0.05) is 11.3 Å². The van der Waals surface area contributed by atoms with Crippen LogP contribution in [-0.2, 0) is 0 Å². The minimum Gasteiger partial charge on any atom is -0.399 e. The van der Waals surface area contributed by atoms with E-state index in [-0.39, 0.29) is 10.8 Å². The zero-order valence-electron chi connectivity index (χ0n) is 9.30. The highest BCUT2D eigenvalue weighted by Gasteiger charge is 2.19. The standard InChI is InChI=1S/C13H13Cl2NO/c14-11-7-9(16)6-10(12(11)15)13(17)8-4-2-1-3-5-8/h4,6-7H,1-3,5,16H2. The van der Waals surface area contributed by atoms with E-state index in [0.717, 1.165) is 31.3 Å². The number of anilines is 1. The molecule has 1 aromatic carbocycles. The van der Waals surface area contributed by atoms with E-state index in [4.69, 9.17) is 28.9 Å². The Kier molecular flexibility index (Phi) is 3.75. The summed E-state index contributed by atoms with van der Waals surface area (Å²) in [7, 11) is 0. The first-order valence-electron chi connectivity index (χ1n) is 5.58. The predicted octanol–water partition coefficient (Wildman–Crippen LogP) is 4.26. The van der Waals surface area contributed by atoms with Crippen molar-refractivity contribution in [3.63, 3.8) is 0 Å². The fraction of sp³-hybridized carbons (Fsp3) is 0.308. The third-order valence-electron chi connectivity index (χ3n) is 2.88. The molecule has 0 amide bonds. The largest absolute Gasteiger partial charge is 0.399 e. The average molecular weight is 270 g/mol. The van der Waals surface area contributed by atoms with Crippen LogP contribution in [0.2, 0.25) is 10.0 Å². The topological polar surface area (TPSA) is 43.1 Å². The maximum Gasteiger partial charge on any atom is 0.190 e. The molecule has 0 unspecified atom stereocenters. The summed E-state index contributed by atoms with van der Waals surface area (Å²) in [5.74, 6) is -0.0519. The van der Waals surface area contributed by atoms with Crippen LogP contribution in [-0.4, -0.2) is 5.78 Å². The van der Waals surface area contributed by atoms with Crippen LogP contribution in [0, 0.1) is 0 Å². The van der Waals surface area contributed by atoms with Crippen molar-refractivity contribution in [2.24, 2.45) is 0 Å². The quantitative estimate of drug-likeness (QED) is 0.644. The Morgan fingerprint density at radius 1 is 1.24 bits per heavy atom. The molecule has 17 heavy (non-hydrogen) atoms. The molecule has 0 radical (unpaired) electrons. The van der Waals surface area contributed by atoms with E-state index < -0.39 is 0 Å². The molecule has 1 aliphatic carbocycles. The number of nitrogens with two attached hydrogens (primary N) is 1. The molecule has 4 heteroatoms. The predicted molar refractivity (Wildman–Crippen MR) is 71.8 cm³/mol. The summed E-state index contributed by atoms with van der Waals surface area (Å²) in [5.41, 5.74) is 7.36. The molecule has 0 atom stereocenters. The van der Waals surface area contributed by atoms with Crippen LogP contribution in [0.3, 0.4) is 0 Å². The number of rotatable bonds is 2. The first-order chi connectivity index (χ1) is 8.09. The molecule has 0 bridgehead atoms. The Balaban J connectivity index is 2.40. The molecule has 0 saturated heterocycles. The van der Waals surface area contributed by atoms with Crippen molar-refractivity contribution >= 4 is 34.7 Å². The van der Waals surface area contributed by atoms with Crippen LogP contribution in [0.25, 0.3) is 0 Å². The van der Waals surface area contributed by atoms with Crippen molar-refractivity contribution in [2.45, 2.75) is 25.7 Å². The number of carbonyl (C=O) groups is 1. The van der Waals surface area contributed by atoms with Crippen LogP contribution >= 0.6 is 23.2 Å². The lowest BCUT2D eigenvalue weighted by molar-refractivity contribution is 0.102. The van der Waals surface area contributed by atoms with Crippen LogP contribution < -0.4 is 5.73 Å². The fourth-order valence-electron chi connectivity index (χ4n) is 1.99. The van der Waals surface area contributed by atoms with Gasteiger partial charge in [0.2, 0.25) is 0 Å². The highest BCUT2D eigenvalue weighted by atomic mass is 35.5. The number of ketones is 1. The van der Waals surface area contributed by atoms with Crippen molar-refractivity contribution in [3.8, 4) is 0 Å². The minimum absolute atomic E-state index is 0.0519. The van der Waals surface area contributed by atoms with Gasteiger partial charge < -0.3 is 5.73 Å². The Morgan fingerprint density at radius 3 is 2.65 bits per heavy atom. The summed E-state index contributed by atoms with van der Waals surface area (Å²) in [4.78, 5) is 12.3. The smallest absolute Gasteiger partial charge is 0.190 e. The fourth-order valence-corrected chi connectivity index (χ4v) is 2.42. The number of Topliss-reactive ketones (excluding diaryl/α,β-unsaturated/α-hetero) is 1. The van der Waals surface area contributed by atoms with Gasteiger partial charge in [0.25, 0.3) is 0 Å².